The molecule has 1 rings (SSSR count). The van der Waals surface area contributed by atoms with Gasteiger partial charge in [0, 0.05) is 9.81 Å². The van der Waals surface area contributed by atoms with Crippen molar-refractivity contribution in [1.29, 1.82) is 0 Å². The zero-order valence-electron chi connectivity index (χ0n) is 6.11. The molecule has 0 aromatic carbocycles. The first-order chi connectivity index (χ1) is 5.57. The lowest BCUT2D eigenvalue weighted by molar-refractivity contribution is -0.133. The Hall–Kier alpha value is 0.390. The number of carbonyl (C=O) groups excluding carboxylic acids is 1. The Kier molecular flexibility index (Phi) is 3.55. The van der Waals surface area contributed by atoms with Crippen molar-refractivity contribution in [2.75, 3.05) is 0 Å². The third-order valence-electron chi connectivity index (χ3n) is 1.37. The number of allylic oxidation sites excluding steroid dienone is 1. The van der Waals surface area contributed by atoms with Gasteiger partial charge >= 0.3 is 5.97 Å². The van der Waals surface area contributed by atoms with Gasteiger partial charge in [-0.2, -0.15) is 0 Å². The molecule has 1 heterocycles. The molecule has 0 radical (unpaired) electrons. The maximum Gasteiger partial charge on any atom is 0.341 e. The Morgan fingerprint density at radius 1 is 1.58 bits per heavy atom. The zero-order chi connectivity index (χ0) is 9.30. The molecule has 0 spiro atoms. The van der Waals surface area contributed by atoms with Crippen LogP contribution in [0.3, 0.4) is 0 Å². The van der Waals surface area contributed by atoms with E-state index in [2.05, 4.69) is 47.8 Å². The van der Waals surface area contributed by atoms with Crippen molar-refractivity contribution < 1.29 is 9.53 Å². The molecule has 0 amide bonds. The predicted octanol–water partition coefficient (Wildman–Crippen LogP) is 3.21. The van der Waals surface area contributed by atoms with Crippen molar-refractivity contribution in [1.82, 2.24) is 0 Å². The van der Waals surface area contributed by atoms with Crippen molar-refractivity contribution in [2.24, 2.45) is 0 Å². The summed E-state index contributed by atoms with van der Waals surface area (Å²) >= 11 is 9.69. The summed E-state index contributed by atoms with van der Waals surface area (Å²) in [4.78, 5) is 12.8. The van der Waals surface area contributed by atoms with E-state index in [9.17, 15) is 4.79 Å². The van der Waals surface area contributed by atoms with Gasteiger partial charge in [-0.05, 0) is 22.9 Å². The van der Waals surface area contributed by atoms with Crippen LogP contribution < -0.4 is 0 Å². The molecule has 1 unspecified atom stereocenters. The molecule has 0 aromatic rings. The van der Waals surface area contributed by atoms with E-state index in [1.807, 2.05) is 6.92 Å². The molecule has 0 saturated heterocycles. The average Bonchev–Trinajstić information content (AvgIpc) is 2.25. The Balaban J connectivity index is 3.10. The summed E-state index contributed by atoms with van der Waals surface area (Å²) in [5.41, 5.74) is 0.612. The minimum absolute atomic E-state index is 0.00988. The summed E-state index contributed by atoms with van der Waals surface area (Å²) < 4.78 is 5.62. The SMILES string of the molecule is CC(Br)C1=C(Br)/C(=C/Br)OC1=O. The van der Waals surface area contributed by atoms with Gasteiger partial charge < -0.3 is 4.74 Å². The number of ether oxygens (including phenoxy) is 1. The van der Waals surface area contributed by atoms with E-state index >= 15 is 0 Å². The van der Waals surface area contributed by atoms with Gasteiger partial charge in [-0.1, -0.05) is 31.9 Å². The fourth-order valence-electron chi connectivity index (χ4n) is 0.829. The number of hydrogen-bond donors (Lipinski definition) is 0. The van der Waals surface area contributed by atoms with Crippen molar-refractivity contribution in [3.8, 4) is 0 Å². The van der Waals surface area contributed by atoms with Crippen LogP contribution in [0.1, 0.15) is 6.92 Å². The number of carbonyl (C=O) groups is 1. The quantitative estimate of drug-likeness (QED) is 0.530. The number of hydrogen-bond acceptors (Lipinski definition) is 2. The van der Waals surface area contributed by atoms with Crippen molar-refractivity contribution >= 4 is 53.8 Å². The first-order valence-corrected chi connectivity index (χ1v) is 5.77. The molecular weight excluding hydrogens is 356 g/mol. The van der Waals surface area contributed by atoms with E-state index < -0.39 is 0 Å². The van der Waals surface area contributed by atoms with Gasteiger partial charge in [0.15, 0.2) is 5.76 Å². The first-order valence-electron chi connectivity index (χ1n) is 3.14. The predicted molar refractivity (Wildman–Crippen MR) is 57.4 cm³/mol. The fourth-order valence-corrected chi connectivity index (χ4v) is 2.88. The van der Waals surface area contributed by atoms with E-state index in [0.29, 0.717) is 15.8 Å². The molecule has 1 aliphatic heterocycles. The van der Waals surface area contributed by atoms with Crippen LogP contribution in [0, 0.1) is 0 Å². The highest BCUT2D eigenvalue weighted by Crippen LogP contribution is 2.35. The van der Waals surface area contributed by atoms with Gasteiger partial charge in [0.05, 0.1) is 10.1 Å². The van der Waals surface area contributed by atoms with Gasteiger partial charge in [0.25, 0.3) is 0 Å². The standard InChI is InChI=1S/C7H5Br3O2/c1-3(9)5-6(10)4(2-8)12-7(5)11/h2-3H,1H3/b4-2-. The lowest BCUT2D eigenvalue weighted by Crippen LogP contribution is -2.06. The Morgan fingerprint density at radius 3 is 2.42 bits per heavy atom. The molecule has 2 nitrogen and oxygen atoms in total. The third kappa shape index (κ3) is 1.83. The molecule has 0 aromatic heterocycles. The highest BCUT2D eigenvalue weighted by Gasteiger charge is 2.30. The van der Waals surface area contributed by atoms with Gasteiger partial charge in [-0.25, -0.2) is 4.79 Å². The molecule has 0 bridgehead atoms. The minimum Gasteiger partial charge on any atom is -0.421 e. The second-order valence-electron chi connectivity index (χ2n) is 2.21. The smallest absolute Gasteiger partial charge is 0.341 e. The van der Waals surface area contributed by atoms with Crippen molar-refractivity contribution in [3.05, 3.63) is 20.8 Å². The normalized spacial score (nSPS) is 23.3. The van der Waals surface area contributed by atoms with Crippen LogP contribution in [0.15, 0.2) is 20.8 Å². The molecule has 0 fully saturated rings. The fraction of sp³-hybridized carbons (Fsp3) is 0.286. The van der Waals surface area contributed by atoms with Gasteiger partial charge in [0.1, 0.15) is 0 Å². The van der Waals surface area contributed by atoms with Crippen LogP contribution in [-0.4, -0.2) is 10.8 Å². The molecule has 12 heavy (non-hydrogen) atoms. The summed E-state index contributed by atoms with van der Waals surface area (Å²) in [6.45, 7) is 1.87. The molecule has 0 saturated carbocycles. The Morgan fingerprint density at radius 2 is 2.17 bits per heavy atom. The number of halogens is 3. The van der Waals surface area contributed by atoms with Crippen LogP contribution in [0.2, 0.25) is 0 Å². The molecule has 0 N–H and O–H groups in total. The van der Waals surface area contributed by atoms with E-state index in [-0.39, 0.29) is 10.8 Å². The van der Waals surface area contributed by atoms with Gasteiger partial charge in [-0.3, -0.25) is 0 Å². The van der Waals surface area contributed by atoms with Crippen LogP contribution in [0.4, 0.5) is 0 Å². The lowest BCUT2D eigenvalue weighted by atomic mass is 10.2. The average molecular weight is 361 g/mol. The highest BCUT2D eigenvalue weighted by molar-refractivity contribution is 9.12. The second kappa shape index (κ2) is 4.07. The zero-order valence-corrected chi connectivity index (χ0v) is 10.9. The molecule has 66 valence electrons. The summed E-state index contributed by atoms with van der Waals surface area (Å²) in [6.07, 6.45) is 0. The number of alkyl halides is 1. The Labute approximate surface area is 95.4 Å². The number of cyclic esters (lactones) is 1. The summed E-state index contributed by atoms with van der Waals surface area (Å²) in [5, 5.41) is 0. The largest absolute Gasteiger partial charge is 0.421 e. The maximum atomic E-state index is 11.2. The maximum absolute atomic E-state index is 11.2. The van der Waals surface area contributed by atoms with Gasteiger partial charge in [-0.15, -0.1) is 0 Å². The van der Waals surface area contributed by atoms with E-state index in [1.165, 1.54) is 0 Å². The third-order valence-corrected chi connectivity index (χ3v) is 3.06. The van der Waals surface area contributed by atoms with Crippen molar-refractivity contribution in [3.63, 3.8) is 0 Å². The lowest BCUT2D eigenvalue weighted by Gasteiger charge is -1.98. The number of rotatable bonds is 1. The van der Waals surface area contributed by atoms with Crippen molar-refractivity contribution in [2.45, 2.75) is 11.8 Å². The summed E-state index contributed by atoms with van der Waals surface area (Å²) in [7, 11) is 0. The molecule has 5 heteroatoms. The van der Waals surface area contributed by atoms with E-state index in [1.54, 1.807) is 4.99 Å². The second-order valence-corrected chi connectivity index (χ2v) is 4.83. The first kappa shape index (κ1) is 10.5. The van der Waals surface area contributed by atoms with Gasteiger partial charge in [0.2, 0.25) is 0 Å². The van der Waals surface area contributed by atoms with Crippen LogP contribution in [0.25, 0.3) is 0 Å². The summed E-state index contributed by atoms with van der Waals surface area (Å²) in [5.74, 6) is 0.207. The summed E-state index contributed by atoms with van der Waals surface area (Å²) in [6, 6.07) is 0. The molecule has 0 aliphatic carbocycles. The highest BCUT2D eigenvalue weighted by atomic mass is 79.9. The van der Waals surface area contributed by atoms with E-state index in [4.69, 9.17) is 4.74 Å². The van der Waals surface area contributed by atoms with E-state index in [0.717, 1.165) is 0 Å². The topological polar surface area (TPSA) is 26.3 Å². The van der Waals surface area contributed by atoms with Crippen LogP contribution in [0.5, 0.6) is 0 Å². The monoisotopic (exact) mass is 358 g/mol. The molecule has 1 aliphatic rings. The minimum atomic E-state index is -0.308. The number of esters is 1. The molecule has 1 atom stereocenters. The van der Waals surface area contributed by atoms with Crippen LogP contribution >= 0.6 is 47.8 Å². The Bertz CT molecular complexity index is 278. The van der Waals surface area contributed by atoms with Crippen LogP contribution in [-0.2, 0) is 9.53 Å². The molecular formula is C7H5Br3O2.